The Morgan fingerprint density at radius 1 is 1.17 bits per heavy atom. The zero-order valence-electron chi connectivity index (χ0n) is 13.5. The van der Waals surface area contributed by atoms with Crippen molar-refractivity contribution >= 4 is 29.1 Å². The van der Waals surface area contributed by atoms with Crippen LogP contribution in [0.25, 0.3) is 0 Å². The molecule has 0 amide bonds. The second-order valence-corrected chi connectivity index (χ2v) is 6.57. The minimum absolute atomic E-state index is 0.582. The molecule has 1 fully saturated rings. The molecule has 5 nitrogen and oxygen atoms in total. The van der Waals surface area contributed by atoms with Crippen molar-refractivity contribution in [3.63, 3.8) is 0 Å². The monoisotopic (exact) mass is 331 g/mol. The lowest BCUT2D eigenvalue weighted by molar-refractivity contribution is 0.425. The van der Waals surface area contributed by atoms with Crippen LogP contribution in [-0.2, 0) is 0 Å². The van der Waals surface area contributed by atoms with E-state index in [2.05, 4.69) is 39.6 Å². The van der Waals surface area contributed by atoms with Crippen molar-refractivity contribution in [2.24, 2.45) is 0 Å². The lowest BCUT2D eigenvalue weighted by atomic mass is 10.2. The Labute approximate surface area is 142 Å². The highest BCUT2D eigenvalue weighted by molar-refractivity contribution is 6.30. The Bertz CT molecular complexity index is 653. The highest BCUT2D eigenvalue weighted by Crippen LogP contribution is 2.40. The topological polar surface area (TPSA) is 53.1 Å². The van der Waals surface area contributed by atoms with Gasteiger partial charge in [0.2, 0.25) is 5.95 Å². The number of rotatable bonds is 7. The van der Waals surface area contributed by atoms with Crippen LogP contribution in [0.15, 0.2) is 30.3 Å². The quantitative estimate of drug-likeness (QED) is 0.809. The maximum atomic E-state index is 5.93. The highest BCUT2D eigenvalue weighted by atomic mass is 35.5. The first-order valence-corrected chi connectivity index (χ1v) is 8.28. The van der Waals surface area contributed by atoms with Gasteiger partial charge in [0, 0.05) is 35.8 Å². The summed E-state index contributed by atoms with van der Waals surface area (Å²) in [6, 6.07) is 9.66. The number of nitrogens with one attached hydrogen (secondary N) is 2. The van der Waals surface area contributed by atoms with Crippen LogP contribution in [0.5, 0.6) is 0 Å². The Morgan fingerprint density at radius 2 is 1.91 bits per heavy atom. The van der Waals surface area contributed by atoms with Gasteiger partial charge in [0.15, 0.2) is 0 Å². The molecule has 6 heteroatoms. The number of aromatic nitrogens is 2. The summed E-state index contributed by atoms with van der Waals surface area (Å²) < 4.78 is 0. The number of nitrogens with zero attached hydrogens (tertiary/aromatic N) is 3. The lowest BCUT2D eigenvalue weighted by Gasteiger charge is -2.13. The summed E-state index contributed by atoms with van der Waals surface area (Å²) in [6.07, 6.45) is 2.43. The summed E-state index contributed by atoms with van der Waals surface area (Å²) >= 11 is 5.93. The van der Waals surface area contributed by atoms with Gasteiger partial charge >= 0.3 is 0 Å². The Kier molecular flexibility index (Phi) is 4.98. The number of benzene rings is 1. The summed E-state index contributed by atoms with van der Waals surface area (Å²) in [5.41, 5.74) is 2.08. The molecule has 1 heterocycles. The first-order chi connectivity index (χ1) is 11.1. The molecule has 0 unspecified atom stereocenters. The van der Waals surface area contributed by atoms with Crippen molar-refractivity contribution in [1.82, 2.24) is 14.9 Å². The largest absolute Gasteiger partial charge is 0.353 e. The first-order valence-electron chi connectivity index (χ1n) is 7.90. The van der Waals surface area contributed by atoms with Crippen LogP contribution in [0.3, 0.4) is 0 Å². The van der Waals surface area contributed by atoms with Gasteiger partial charge in [-0.25, -0.2) is 4.98 Å². The molecule has 0 spiro atoms. The van der Waals surface area contributed by atoms with E-state index in [4.69, 9.17) is 11.6 Å². The van der Waals surface area contributed by atoms with E-state index in [0.717, 1.165) is 35.3 Å². The molecule has 1 aliphatic rings. The van der Waals surface area contributed by atoms with Crippen molar-refractivity contribution in [2.45, 2.75) is 18.8 Å². The van der Waals surface area contributed by atoms with Gasteiger partial charge in [0.25, 0.3) is 0 Å². The zero-order chi connectivity index (χ0) is 16.2. The summed E-state index contributed by atoms with van der Waals surface area (Å²) in [6.45, 7) is 1.76. The van der Waals surface area contributed by atoms with Gasteiger partial charge < -0.3 is 15.5 Å². The molecule has 0 radical (unpaired) electrons. The number of halogens is 1. The van der Waals surface area contributed by atoms with Gasteiger partial charge in [-0.05, 0) is 51.2 Å². The van der Waals surface area contributed by atoms with Gasteiger partial charge in [-0.1, -0.05) is 11.6 Å². The molecule has 1 aromatic carbocycles. The van der Waals surface area contributed by atoms with Gasteiger partial charge in [-0.15, -0.1) is 0 Å². The smallest absolute Gasteiger partial charge is 0.224 e. The van der Waals surface area contributed by atoms with E-state index in [1.165, 1.54) is 12.8 Å². The summed E-state index contributed by atoms with van der Waals surface area (Å²) in [5, 5.41) is 7.37. The molecular weight excluding hydrogens is 310 g/mol. The number of anilines is 3. The van der Waals surface area contributed by atoms with Gasteiger partial charge in [0.1, 0.15) is 5.82 Å². The molecule has 2 aromatic rings. The lowest BCUT2D eigenvalue weighted by Crippen LogP contribution is -2.21. The molecule has 0 aliphatic heterocycles. The van der Waals surface area contributed by atoms with Crippen LogP contribution < -0.4 is 10.6 Å². The third kappa shape index (κ3) is 4.81. The highest BCUT2D eigenvalue weighted by Gasteiger charge is 2.26. The van der Waals surface area contributed by atoms with Crippen LogP contribution in [-0.4, -0.2) is 42.1 Å². The summed E-state index contributed by atoms with van der Waals surface area (Å²) in [5.74, 6) is 2.09. The average molecular weight is 332 g/mol. The predicted octanol–water partition coefficient (Wildman–Crippen LogP) is 3.72. The van der Waals surface area contributed by atoms with Crippen LogP contribution in [0.4, 0.5) is 17.5 Å². The summed E-state index contributed by atoms with van der Waals surface area (Å²) in [7, 11) is 4.10. The SMILES string of the molecule is CN(C)CCNc1nc(Nc2ccc(Cl)cc2)cc(C2CC2)n1. The molecule has 23 heavy (non-hydrogen) atoms. The van der Waals surface area contributed by atoms with E-state index in [-0.39, 0.29) is 0 Å². The van der Waals surface area contributed by atoms with E-state index in [1.54, 1.807) is 0 Å². The maximum Gasteiger partial charge on any atom is 0.224 e. The molecule has 1 saturated carbocycles. The fourth-order valence-corrected chi connectivity index (χ4v) is 2.40. The van der Waals surface area contributed by atoms with Crippen molar-refractivity contribution in [3.05, 3.63) is 41.0 Å². The van der Waals surface area contributed by atoms with Gasteiger partial charge in [0.05, 0.1) is 5.69 Å². The third-order valence-electron chi connectivity index (χ3n) is 3.70. The van der Waals surface area contributed by atoms with Gasteiger partial charge in [-0.2, -0.15) is 4.98 Å². The van der Waals surface area contributed by atoms with Crippen molar-refractivity contribution in [3.8, 4) is 0 Å². The van der Waals surface area contributed by atoms with Gasteiger partial charge in [-0.3, -0.25) is 0 Å². The second kappa shape index (κ2) is 7.15. The second-order valence-electron chi connectivity index (χ2n) is 6.14. The summed E-state index contributed by atoms with van der Waals surface area (Å²) in [4.78, 5) is 11.3. The molecular formula is C17H22ClN5. The van der Waals surface area contributed by atoms with E-state index >= 15 is 0 Å². The number of hydrogen-bond acceptors (Lipinski definition) is 5. The van der Waals surface area contributed by atoms with Crippen LogP contribution in [0, 0.1) is 0 Å². The molecule has 122 valence electrons. The molecule has 3 rings (SSSR count). The fourth-order valence-electron chi connectivity index (χ4n) is 2.27. The minimum Gasteiger partial charge on any atom is -0.353 e. The molecule has 0 bridgehead atoms. The van der Waals surface area contributed by atoms with E-state index < -0.39 is 0 Å². The van der Waals surface area contributed by atoms with Crippen molar-refractivity contribution in [2.75, 3.05) is 37.8 Å². The van der Waals surface area contributed by atoms with Crippen molar-refractivity contribution in [1.29, 1.82) is 0 Å². The minimum atomic E-state index is 0.582. The fraction of sp³-hybridized carbons (Fsp3) is 0.412. The van der Waals surface area contributed by atoms with E-state index in [9.17, 15) is 0 Å². The normalized spacial score (nSPS) is 14.1. The Balaban J connectivity index is 1.75. The Hall–Kier alpha value is -1.85. The van der Waals surface area contributed by atoms with Crippen LogP contribution in [0.1, 0.15) is 24.5 Å². The van der Waals surface area contributed by atoms with Crippen molar-refractivity contribution < 1.29 is 0 Å². The standard InChI is InChI=1S/C17H22ClN5/c1-23(2)10-9-19-17-21-15(12-3-4-12)11-16(22-17)20-14-7-5-13(18)6-8-14/h5-8,11-12H,3-4,9-10H2,1-2H3,(H2,19,20,21,22). The number of likely N-dealkylation sites (N-methyl/N-ethyl adjacent to an activating group) is 1. The molecule has 0 atom stereocenters. The molecule has 0 saturated heterocycles. The van der Waals surface area contributed by atoms with Crippen LogP contribution in [0.2, 0.25) is 5.02 Å². The van der Waals surface area contributed by atoms with E-state index in [1.807, 2.05) is 30.3 Å². The third-order valence-corrected chi connectivity index (χ3v) is 3.95. The molecule has 1 aromatic heterocycles. The molecule has 1 aliphatic carbocycles. The maximum absolute atomic E-state index is 5.93. The Morgan fingerprint density at radius 3 is 2.57 bits per heavy atom. The number of hydrogen-bond donors (Lipinski definition) is 2. The molecule has 2 N–H and O–H groups in total. The predicted molar refractivity (Wildman–Crippen MR) is 95.8 cm³/mol. The average Bonchev–Trinajstić information content (AvgIpc) is 3.34. The zero-order valence-corrected chi connectivity index (χ0v) is 14.3. The van der Waals surface area contributed by atoms with Crippen LogP contribution >= 0.6 is 11.6 Å². The van der Waals surface area contributed by atoms with E-state index in [0.29, 0.717) is 11.9 Å². The first kappa shape index (κ1) is 16.0.